The van der Waals surface area contributed by atoms with Gasteiger partial charge in [-0.05, 0) is 75.9 Å². The molecule has 2 rings (SSSR count). The smallest absolute Gasteiger partial charge is 0.408 e. The van der Waals surface area contributed by atoms with Crippen LogP contribution in [0.5, 0.6) is 5.75 Å². The van der Waals surface area contributed by atoms with Crippen LogP contribution in [-0.4, -0.2) is 28.8 Å². The Hall–Kier alpha value is -3.02. The van der Waals surface area contributed by atoms with Gasteiger partial charge in [-0.1, -0.05) is 29.8 Å². The lowest BCUT2D eigenvalue weighted by Gasteiger charge is -2.23. The van der Waals surface area contributed by atoms with Crippen molar-refractivity contribution in [2.45, 2.75) is 66.2 Å². The zero-order valence-corrected chi connectivity index (χ0v) is 18.5. The highest BCUT2D eigenvalue weighted by molar-refractivity contribution is 5.80. The molecule has 162 valence electrons. The fourth-order valence-electron chi connectivity index (χ4n) is 3.06. The van der Waals surface area contributed by atoms with Gasteiger partial charge in [-0.15, -0.1) is 0 Å². The predicted molar refractivity (Wildman–Crippen MR) is 116 cm³/mol. The van der Waals surface area contributed by atoms with Crippen LogP contribution in [0.4, 0.5) is 4.79 Å². The third-order valence-electron chi connectivity index (χ3n) is 4.59. The lowest BCUT2D eigenvalue weighted by Crippen LogP contribution is -2.44. The van der Waals surface area contributed by atoms with Gasteiger partial charge in [0.1, 0.15) is 24.0 Å². The Morgan fingerprint density at radius 1 is 1.03 bits per heavy atom. The summed E-state index contributed by atoms with van der Waals surface area (Å²) in [5.74, 6) is -0.388. The average Bonchev–Trinajstić information content (AvgIpc) is 2.61. The van der Waals surface area contributed by atoms with Crippen molar-refractivity contribution >= 4 is 12.1 Å². The lowest BCUT2D eigenvalue weighted by molar-refractivity contribution is -0.139. The standard InChI is InChI=1S/C24H31NO5/c1-15-7-9-18(10-8-15)14-29-19-11-16(2)20(17(3)12-19)13-21(22(26)27)25-23(28)30-24(4,5)6/h7-12,21H,13-14H2,1-6H3,(H,25,28)(H,26,27). The number of carboxylic acids is 1. The molecule has 1 amide bonds. The van der Waals surface area contributed by atoms with Crippen LogP contribution in [-0.2, 0) is 22.6 Å². The molecule has 0 aliphatic rings. The molecule has 6 heteroatoms. The number of aryl methyl sites for hydroxylation is 3. The van der Waals surface area contributed by atoms with E-state index in [1.165, 1.54) is 5.56 Å². The first-order valence-electron chi connectivity index (χ1n) is 9.95. The van der Waals surface area contributed by atoms with Gasteiger partial charge in [0, 0.05) is 6.42 Å². The number of hydrogen-bond donors (Lipinski definition) is 2. The van der Waals surface area contributed by atoms with Gasteiger partial charge in [0.25, 0.3) is 0 Å². The summed E-state index contributed by atoms with van der Waals surface area (Å²) in [6.07, 6.45) is -0.590. The van der Waals surface area contributed by atoms with Gasteiger partial charge in [-0.3, -0.25) is 0 Å². The normalized spacial score (nSPS) is 12.2. The third kappa shape index (κ3) is 7.10. The van der Waals surface area contributed by atoms with E-state index in [-0.39, 0.29) is 6.42 Å². The van der Waals surface area contributed by atoms with Crippen LogP contribution in [0.3, 0.4) is 0 Å². The van der Waals surface area contributed by atoms with Crippen molar-refractivity contribution in [3.63, 3.8) is 0 Å². The van der Waals surface area contributed by atoms with Crippen LogP contribution in [0.2, 0.25) is 0 Å². The van der Waals surface area contributed by atoms with Gasteiger partial charge in [0.05, 0.1) is 0 Å². The third-order valence-corrected chi connectivity index (χ3v) is 4.59. The van der Waals surface area contributed by atoms with E-state index in [1.807, 2.05) is 57.2 Å². The predicted octanol–water partition coefficient (Wildman–Crippen LogP) is 4.71. The first kappa shape index (κ1) is 23.3. The van der Waals surface area contributed by atoms with Crippen molar-refractivity contribution in [1.29, 1.82) is 0 Å². The number of ether oxygens (including phenoxy) is 2. The molecule has 0 heterocycles. The molecule has 0 spiro atoms. The van der Waals surface area contributed by atoms with E-state index in [4.69, 9.17) is 9.47 Å². The number of aliphatic carboxylic acids is 1. The average molecular weight is 414 g/mol. The maximum absolute atomic E-state index is 12.0. The van der Waals surface area contributed by atoms with Gasteiger partial charge < -0.3 is 19.9 Å². The van der Waals surface area contributed by atoms with E-state index in [2.05, 4.69) is 5.32 Å². The maximum atomic E-state index is 12.0. The number of alkyl carbamates (subject to hydrolysis) is 1. The van der Waals surface area contributed by atoms with Crippen LogP contribution >= 0.6 is 0 Å². The molecule has 0 saturated carbocycles. The number of hydrogen-bond acceptors (Lipinski definition) is 4. The molecule has 0 saturated heterocycles. The van der Waals surface area contributed by atoms with Crippen molar-refractivity contribution < 1.29 is 24.2 Å². The van der Waals surface area contributed by atoms with Gasteiger partial charge in [0.2, 0.25) is 0 Å². The Balaban J connectivity index is 2.09. The van der Waals surface area contributed by atoms with E-state index in [0.29, 0.717) is 6.61 Å². The van der Waals surface area contributed by atoms with Gasteiger partial charge in [0.15, 0.2) is 0 Å². The van der Waals surface area contributed by atoms with Gasteiger partial charge >= 0.3 is 12.1 Å². The van der Waals surface area contributed by atoms with E-state index >= 15 is 0 Å². The minimum Gasteiger partial charge on any atom is -0.489 e. The zero-order valence-electron chi connectivity index (χ0n) is 18.5. The molecular formula is C24H31NO5. The minimum absolute atomic E-state index is 0.157. The van der Waals surface area contributed by atoms with Crippen LogP contribution in [0, 0.1) is 20.8 Å². The monoisotopic (exact) mass is 413 g/mol. The minimum atomic E-state index is -1.11. The molecule has 2 N–H and O–H groups in total. The van der Waals surface area contributed by atoms with Crippen LogP contribution < -0.4 is 10.1 Å². The molecule has 0 radical (unpaired) electrons. The fraction of sp³-hybridized carbons (Fsp3) is 0.417. The van der Waals surface area contributed by atoms with Crippen LogP contribution in [0.25, 0.3) is 0 Å². The second kappa shape index (κ2) is 9.65. The SMILES string of the molecule is Cc1ccc(COc2cc(C)c(CC(NC(=O)OC(C)(C)C)C(=O)O)c(C)c2)cc1. The van der Waals surface area contributed by atoms with Crippen molar-refractivity contribution in [3.8, 4) is 5.75 Å². The Morgan fingerprint density at radius 3 is 2.10 bits per heavy atom. The van der Waals surface area contributed by atoms with E-state index in [0.717, 1.165) is 28.0 Å². The maximum Gasteiger partial charge on any atom is 0.408 e. The summed E-state index contributed by atoms with van der Waals surface area (Å²) in [7, 11) is 0. The van der Waals surface area contributed by atoms with E-state index in [1.54, 1.807) is 20.8 Å². The molecule has 0 bridgehead atoms. The van der Waals surface area contributed by atoms with E-state index < -0.39 is 23.7 Å². The topological polar surface area (TPSA) is 84.9 Å². The molecule has 1 unspecified atom stereocenters. The fourth-order valence-corrected chi connectivity index (χ4v) is 3.06. The molecule has 30 heavy (non-hydrogen) atoms. The summed E-state index contributed by atoms with van der Waals surface area (Å²) in [5, 5.41) is 12.0. The first-order valence-corrected chi connectivity index (χ1v) is 9.95. The van der Waals surface area contributed by atoms with E-state index in [9.17, 15) is 14.7 Å². The summed E-state index contributed by atoms with van der Waals surface area (Å²) >= 11 is 0. The number of rotatable bonds is 7. The second-order valence-corrected chi connectivity index (χ2v) is 8.55. The Kier molecular flexibility index (Phi) is 7.48. The van der Waals surface area contributed by atoms with Crippen molar-refractivity contribution in [2.75, 3.05) is 0 Å². The molecule has 0 fully saturated rings. The second-order valence-electron chi connectivity index (χ2n) is 8.55. The highest BCUT2D eigenvalue weighted by Gasteiger charge is 2.25. The summed E-state index contributed by atoms with van der Waals surface area (Å²) in [6, 6.07) is 10.8. The van der Waals surface area contributed by atoms with Crippen LogP contribution in [0.1, 0.15) is 48.6 Å². The molecule has 1 atom stereocenters. The van der Waals surface area contributed by atoms with Crippen molar-refractivity contribution in [3.05, 3.63) is 64.2 Å². The molecule has 2 aromatic carbocycles. The van der Waals surface area contributed by atoms with Crippen molar-refractivity contribution in [1.82, 2.24) is 5.32 Å². The van der Waals surface area contributed by atoms with Crippen molar-refractivity contribution in [2.24, 2.45) is 0 Å². The zero-order chi connectivity index (χ0) is 22.5. The first-order chi connectivity index (χ1) is 13.9. The quantitative estimate of drug-likeness (QED) is 0.687. The number of carbonyl (C=O) groups excluding carboxylic acids is 1. The highest BCUT2D eigenvalue weighted by atomic mass is 16.6. The molecule has 0 aromatic heterocycles. The number of benzene rings is 2. The number of nitrogens with one attached hydrogen (secondary N) is 1. The van der Waals surface area contributed by atoms with Gasteiger partial charge in [-0.25, -0.2) is 9.59 Å². The summed E-state index contributed by atoms with van der Waals surface area (Å²) < 4.78 is 11.1. The molecule has 6 nitrogen and oxygen atoms in total. The molecule has 0 aliphatic heterocycles. The molecule has 0 aliphatic carbocycles. The van der Waals surface area contributed by atoms with Gasteiger partial charge in [-0.2, -0.15) is 0 Å². The number of amides is 1. The largest absolute Gasteiger partial charge is 0.489 e. The Labute approximate surface area is 178 Å². The highest BCUT2D eigenvalue weighted by Crippen LogP contribution is 2.24. The number of carbonyl (C=O) groups is 2. The Bertz CT molecular complexity index is 874. The summed E-state index contributed by atoms with van der Waals surface area (Å²) in [4.78, 5) is 23.7. The molecule has 2 aromatic rings. The van der Waals surface area contributed by atoms with Crippen LogP contribution in [0.15, 0.2) is 36.4 Å². The number of carboxylic acid groups (broad SMARTS) is 1. The lowest BCUT2D eigenvalue weighted by atomic mass is 9.96. The molecular weight excluding hydrogens is 382 g/mol. The summed E-state index contributed by atoms with van der Waals surface area (Å²) in [5.41, 5.74) is 4.25. The summed E-state index contributed by atoms with van der Waals surface area (Å²) in [6.45, 7) is 11.5. The Morgan fingerprint density at radius 2 is 1.60 bits per heavy atom.